The van der Waals surface area contributed by atoms with Crippen LogP contribution in [0.2, 0.25) is 0 Å². The van der Waals surface area contributed by atoms with Crippen molar-refractivity contribution in [3.05, 3.63) is 24.3 Å². The number of aliphatic carboxylic acids is 1. The number of nitrogens with zero attached hydrogens (tertiary/aromatic N) is 2. The van der Waals surface area contributed by atoms with E-state index in [1.165, 1.54) is 6.26 Å². The summed E-state index contributed by atoms with van der Waals surface area (Å²) in [7, 11) is 0. The highest BCUT2D eigenvalue weighted by atomic mass is 16.4. The summed E-state index contributed by atoms with van der Waals surface area (Å²) in [4.78, 5) is 11.4. The third kappa shape index (κ3) is 2.72. The van der Waals surface area contributed by atoms with E-state index in [1.54, 1.807) is 12.1 Å². The Kier molecular flexibility index (Phi) is 4.19. The van der Waals surface area contributed by atoms with E-state index in [9.17, 15) is 9.90 Å². The molecule has 0 spiro atoms. The molecule has 2 heterocycles. The van der Waals surface area contributed by atoms with Crippen molar-refractivity contribution < 1.29 is 18.7 Å². The zero-order valence-electron chi connectivity index (χ0n) is 11.4. The van der Waals surface area contributed by atoms with Crippen molar-refractivity contribution >= 4 is 5.97 Å². The van der Waals surface area contributed by atoms with Gasteiger partial charge in [-0.2, -0.15) is 0 Å². The molecule has 7 heteroatoms. The lowest BCUT2D eigenvalue weighted by molar-refractivity contribution is -0.145. The fraction of sp³-hybridized carbons (Fsp3) is 0.462. The molecule has 0 fully saturated rings. The van der Waals surface area contributed by atoms with Crippen LogP contribution in [-0.4, -0.2) is 26.8 Å². The number of hydrogen-bond acceptors (Lipinski definition) is 6. The van der Waals surface area contributed by atoms with Gasteiger partial charge in [-0.1, -0.05) is 13.8 Å². The Balaban J connectivity index is 2.06. The van der Waals surface area contributed by atoms with E-state index in [1.807, 2.05) is 13.8 Å². The lowest BCUT2D eigenvalue weighted by Gasteiger charge is -2.27. The van der Waals surface area contributed by atoms with Gasteiger partial charge in [-0.3, -0.25) is 10.1 Å². The number of rotatable bonds is 7. The molecule has 0 aliphatic rings. The number of carbonyl (C=O) groups is 1. The number of furan rings is 1. The van der Waals surface area contributed by atoms with Crippen molar-refractivity contribution in [2.24, 2.45) is 0 Å². The topological polar surface area (TPSA) is 101 Å². The monoisotopic (exact) mass is 279 g/mol. The fourth-order valence-electron chi connectivity index (χ4n) is 1.95. The minimum Gasteiger partial charge on any atom is -0.480 e. The van der Waals surface area contributed by atoms with Gasteiger partial charge in [-0.05, 0) is 25.0 Å². The Labute approximate surface area is 116 Å². The van der Waals surface area contributed by atoms with Crippen LogP contribution in [0.5, 0.6) is 0 Å². The van der Waals surface area contributed by atoms with Crippen LogP contribution in [0.1, 0.15) is 32.6 Å². The lowest BCUT2D eigenvalue weighted by atomic mass is 9.93. The Morgan fingerprint density at radius 1 is 1.40 bits per heavy atom. The second-order valence-electron chi connectivity index (χ2n) is 4.43. The van der Waals surface area contributed by atoms with E-state index in [0.717, 1.165) is 0 Å². The molecular weight excluding hydrogens is 262 g/mol. The molecule has 108 valence electrons. The summed E-state index contributed by atoms with van der Waals surface area (Å²) in [6.45, 7) is 3.85. The first-order valence-corrected chi connectivity index (χ1v) is 6.46. The van der Waals surface area contributed by atoms with E-state index in [-0.39, 0.29) is 12.4 Å². The summed E-state index contributed by atoms with van der Waals surface area (Å²) < 4.78 is 10.6. The standard InChI is InChI=1S/C13H17N3O4/c1-3-13(4-2,12(17)18)14-8-10-15-16-11(20-10)9-6-5-7-19-9/h5-7,14H,3-4,8H2,1-2H3,(H,17,18). The molecule has 20 heavy (non-hydrogen) atoms. The van der Waals surface area contributed by atoms with Crippen molar-refractivity contribution in [2.45, 2.75) is 38.8 Å². The number of aromatic nitrogens is 2. The van der Waals surface area contributed by atoms with Gasteiger partial charge in [0.2, 0.25) is 5.89 Å². The summed E-state index contributed by atoms with van der Waals surface area (Å²) >= 11 is 0. The van der Waals surface area contributed by atoms with E-state index in [0.29, 0.717) is 24.5 Å². The first-order valence-electron chi connectivity index (χ1n) is 6.46. The van der Waals surface area contributed by atoms with Crippen molar-refractivity contribution in [3.8, 4) is 11.7 Å². The van der Waals surface area contributed by atoms with Gasteiger partial charge in [0.05, 0.1) is 12.8 Å². The lowest BCUT2D eigenvalue weighted by Crippen LogP contribution is -2.50. The molecule has 7 nitrogen and oxygen atoms in total. The summed E-state index contributed by atoms with van der Waals surface area (Å²) in [5.74, 6) is 0.206. The summed E-state index contributed by atoms with van der Waals surface area (Å²) in [6, 6.07) is 3.44. The molecular formula is C13H17N3O4. The first-order chi connectivity index (χ1) is 9.61. The average Bonchev–Trinajstić information content (AvgIpc) is 3.11. The van der Waals surface area contributed by atoms with Crippen molar-refractivity contribution in [3.63, 3.8) is 0 Å². The van der Waals surface area contributed by atoms with E-state index in [2.05, 4.69) is 15.5 Å². The molecule has 0 radical (unpaired) electrons. The minimum atomic E-state index is -0.973. The smallest absolute Gasteiger partial charge is 0.323 e. The van der Waals surface area contributed by atoms with Crippen molar-refractivity contribution in [1.29, 1.82) is 0 Å². The highest BCUT2D eigenvalue weighted by molar-refractivity contribution is 5.78. The van der Waals surface area contributed by atoms with Gasteiger partial charge in [0.15, 0.2) is 5.76 Å². The van der Waals surface area contributed by atoms with Gasteiger partial charge >= 0.3 is 5.97 Å². The molecule has 0 unspecified atom stereocenters. The van der Waals surface area contributed by atoms with E-state index in [4.69, 9.17) is 8.83 Å². The molecule has 0 saturated heterocycles. The van der Waals surface area contributed by atoms with E-state index >= 15 is 0 Å². The highest BCUT2D eigenvalue weighted by Gasteiger charge is 2.34. The van der Waals surface area contributed by atoms with Gasteiger partial charge in [-0.25, -0.2) is 0 Å². The van der Waals surface area contributed by atoms with Gasteiger partial charge in [0, 0.05) is 0 Å². The molecule has 0 amide bonds. The quantitative estimate of drug-likeness (QED) is 0.799. The maximum atomic E-state index is 11.4. The molecule has 0 bridgehead atoms. The molecule has 0 aliphatic heterocycles. The predicted octanol–water partition coefficient (Wildman–Crippen LogP) is 2.06. The zero-order chi connectivity index (χ0) is 14.6. The molecule has 2 rings (SSSR count). The summed E-state index contributed by atoms with van der Waals surface area (Å²) in [5.41, 5.74) is -0.973. The Bertz CT molecular complexity index is 558. The molecule has 0 aliphatic carbocycles. The van der Waals surface area contributed by atoms with Crippen LogP contribution in [0.4, 0.5) is 0 Å². The second-order valence-corrected chi connectivity index (χ2v) is 4.43. The Hall–Kier alpha value is -2.15. The number of hydrogen-bond donors (Lipinski definition) is 2. The SMILES string of the molecule is CCC(CC)(NCc1nnc(-c2ccco2)o1)C(=O)O. The van der Waals surface area contributed by atoms with Crippen LogP contribution in [-0.2, 0) is 11.3 Å². The normalized spacial score (nSPS) is 11.7. The number of nitrogens with one attached hydrogen (secondary N) is 1. The molecule has 0 atom stereocenters. The largest absolute Gasteiger partial charge is 0.480 e. The first kappa shape index (κ1) is 14.3. The van der Waals surface area contributed by atoms with Crippen molar-refractivity contribution in [1.82, 2.24) is 15.5 Å². The fourth-order valence-corrected chi connectivity index (χ4v) is 1.95. The zero-order valence-corrected chi connectivity index (χ0v) is 11.4. The average molecular weight is 279 g/mol. The molecule has 2 aromatic heterocycles. The van der Waals surface area contributed by atoms with E-state index < -0.39 is 11.5 Å². The number of carboxylic acid groups (broad SMARTS) is 1. The summed E-state index contributed by atoms with van der Waals surface area (Å²) in [6.07, 6.45) is 2.46. The van der Waals surface area contributed by atoms with Crippen LogP contribution < -0.4 is 5.32 Å². The third-order valence-corrected chi connectivity index (χ3v) is 3.39. The van der Waals surface area contributed by atoms with Crippen LogP contribution in [0.25, 0.3) is 11.7 Å². The molecule has 0 saturated carbocycles. The molecule has 0 aromatic carbocycles. The van der Waals surface area contributed by atoms with Gasteiger partial charge in [0.1, 0.15) is 5.54 Å². The minimum absolute atomic E-state index is 0.196. The van der Waals surface area contributed by atoms with Crippen LogP contribution in [0, 0.1) is 0 Å². The third-order valence-electron chi connectivity index (χ3n) is 3.39. The van der Waals surface area contributed by atoms with Crippen molar-refractivity contribution in [2.75, 3.05) is 0 Å². The van der Waals surface area contributed by atoms with Gasteiger partial charge in [0.25, 0.3) is 5.89 Å². The Morgan fingerprint density at radius 3 is 2.70 bits per heavy atom. The molecule has 2 N–H and O–H groups in total. The highest BCUT2D eigenvalue weighted by Crippen LogP contribution is 2.19. The second kappa shape index (κ2) is 5.87. The van der Waals surface area contributed by atoms with Crippen LogP contribution in [0.15, 0.2) is 27.2 Å². The van der Waals surface area contributed by atoms with Crippen LogP contribution >= 0.6 is 0 Å². The predicted molar refractivity (Wildman–Crippen MR) is 69.8 cm³/mol. The Morgan fingerprint density at radius 2 is 2.15 bits per heavy atom. The summed E-state index contributed by atoms with van der Waals surface area (Å²) in [5, 5.41) is 20.0. The molecule has 2 aromatic rings. The maximum absolute atomic E-state index is 11.4. The van der Waals surface area contributed by atoms with Crippen LogP contribution in [0.3, 0.4) is 0 Å². The number of carboxylic acids is 1. The van der Waals surface area contributed by atoms with Gasteiger partial charge < -0.3 is 13.9 Å². The maximum Gasteiger partial charge on any atom is 0.323 e. The van der Waals surface area contributed by atoms with Gasteiger partial charge in [-0.15, -0.1) is 10.2 Å².